The second kappa shape index (κ2) is 5.81. The molecule has 1 heterocycles. The van der Waals surface area contributed by atoms with Crippen molar-refractivity contribution in [1.82, 2.24) is 14.8 Å². The molecule has 0 aliphatic rings. The van der Waals surface area contributed by atoms with Crippen molar-refractivity contribution in [3.05, 3.63) is 36.7 Å². The molecule has 1 aromatic heterocycles. The van der Waals surface area contributed by atoms with Crippen LogP contribution in [0.25, 0.3) is 5.69 Å². The molecule has 0 saturated heterocycles. The monoisotopic (exact) mass is 251 g/mol. The largest absolute Gasteiger partial charge is 0.394 e. The molecule has 0 unspecified atom stereocenters. The molecule has 0 aliphatic carbocycles. The molecule has 0 aliphatic heterocycles. The van der Waals surface area contributed by atoms with E-state index in [4.69, 9.17) is 5.11 Å². The van der Waals surface area contributed by atoms with Crippen LogP contribution in [0.5, 0.6) is 0 Å². The number of aliphatic hydroxyl groups is 2. The van der Waals surface area contributed by atoms with Gasteiger partial charge in [-0.3, -0.25) is 0 Å². The van der Waals surface area contributed by atoms with Crippen LogP contribution in [0.15, 0.2) is 41.8 Å². The Balaban J connectivity index is 2.01. The lowest BCUT2D eigenvalue weighted by atomic mass is 10.3. The minimum atomic E-state index is -0.733. The van der Waals surface area contributed by atoms with Crippen LogP contribution in [0, 0.1) is 0 Å². The highest BCUT2D eigenvalue weighted by atomic mass is 32.2. The number of rotatable bonds is 5. The molecular formula is C11H13N3O2S. The van der Waals surface area contributed by atoms with E-state index in [0.29, 0.717) is 10.9 Å². The molecule has 0 bridgehead atoms. The third-order valence-corrected chi connectivity index (χ3v) is 3.10. The molecule has 1 aromatic carbocycles. The molecule has 0 fully saturated rings. The Bertz CT molecular complexity index is 461. The van der Waals surface area contributed by atoms with Crippen LogP contribution in [-0.4, -0.2) is 43.4 Å². The topological polar surface area (TPSA) is 71.2 Å². The predicted octanol–water partition coefficient (Wildman–Crippen LogP) is 0.713. The van der Waals surface area contributed by atoms with Gasteiger partial charge in [-0.05, 0) is 12.1 Å². The summed E-state index contributed by atoms with van der Waals surface area (Å²) in [5, 5.41) is 22.7. The lowest BCUT2D eigenvalue weighted by Gasteiger charge is -2.03. The number of hydrogen-bond donors (Lipinski definition) is 2. The van der Waals surface area contributed by atoms with Gasteiger partial charge >= 0.3 is 0 Å². The van der Waals surface area contributed by atoms with Crippen molar-refractivity contribution in [1.29, 1.82) is 0 Å². The van der Waals surface area contributed by atoms with E-state index in [1.807, 2.05) is 30.3 Å². The summed E-state index contributed by atoms with van der Waals surface area (Å²) in [7, 11) is 0. The van der Waals surface area contributed by atoms with Crippen LogP contribution >= 0.6 is 11.8 Å². The summed E-state index contributed by atoms with van der Waals surface area (Å²) < 4.78 is 1.67. The molecule has 2 rings (SSSR count). The van der Waals surface area contributed by atoms with Crippen molar-refractivity contribution in [3.8, 4) is 5.69 Å². The molecular weight excluding hydrogens is 238 g/mol. The Hall–Kier alpha value is -1.37. The average molecular weight is 251 g/mol. The number of benzene rings is 1. The minimum Gasteiger partial charge on any atom is -0.394 e. The number of aliphatic hydroxyl groups excluding tert-OH is 2. The fourth-order valence-corrected chi connectivity index (χ4v) is 1.96. The third kappa shape index (κ3) is 3.29. The maximum absolute atomic E-state index is 9.21. The Kier molecular flexibility index (Phi) is 4.13. The zero-order valence-electron chi connectivity index (χ0n) is 9.10. The summed E-state index contributed by atoms with van der Waals surface area (Å²) >= 11 is 1.32. The highest BCUT2D eigenvalue weighted by Gasteiger charge is 2.07. The molecule has 0 saturated carbocycles. The zero-order chi connectivity index (χ0) is 12.1. The predicted molar refractivity (Wildman–Crippen MR) is 65.2 cm³/mol. The van der Waals surface area contributed by atoms with Crippen molar-refractivity contribution >= 4 is 11.8 Å². The van der Waals surface area contributed by atoms with Gasteiger partial charge in [0.1, 0.15) is 6.33 Å². The van der Waals surface area contributed by atoms with Gasteiger partial charge in [-0.15, -0.1) is 5.10 Å². The van der Waals surface area contributed by atoms with E-state index in [2.05, 4.69) is 10.1 Å². The van der Waals surface area contributed by atoms with Crippen molar-refractivity contribution in [2.45, 2.75) is 11.3 Å². The first-order chi connectivity index (χ1) is 8.29. The standard InChI is InChI=1S/C11H13N3O2S/c15-6-10(16)7-17-11-12-8-14(13-11)9-4-2-1-3-5-9/h1-5,8,10,15-16H,6-7H2/t10-/m1/s1. The molecule has 1 atom stereocenters. The van der Waals surface area contributed by atoms with Gasteiger partial charge in [-0.2, -0.15) is 0 Å². The van der Waals surface area contributed by atoms with E-state index in [1.165, 1.54) is 11.8 Å². The summed E-state index contributed by atoms with van der Waals surface area (Å²) in [6.07, 6.45) is 0.895. The van der Waals surface area contributed by atoms with Gasteiger partial charge in [0.15, 0.2) is 0 Å². The average Bonchev–Trinajstić information content (AvgIpc) is 2.86. The first-order valence-corrected chi connectivity index (χ1v) is 6.17. The normalized spacial score (nSPS) is 12.6. The highest BCUT2D eigenvalue weighted by Crippen LogP contribution is 2.14. The van der Waals surface area contributed by atoms with Gasteiger partial charge < -0.3 is 10.2 Å². The van der Waals surface area contributed by atoms with E-state index in [0.717, 1.165) is 5.69 Å². The second-order valence-corrected chi connectivity index (χ2v) is 4.44. The van der Waals surface area contributed by atoms with Gasteiger partial charge in [0.2, 0.25) is 5.16 Å². The molecule has 0 radical (unpaired) electrons. The molecule has 0 amide bonds. The van der Waals surface area contributed by atoms with Crippen molar-refractivity contribution in [2.75, 3.05) is 12.4 Å². The van der Waals surface area contributed by atoms with Crippen molar-refractivity contribution in [2.24, 2.45) is 0 Å². The van der Waals surface area contributed by atoms with Crippen molar-refractivity contribution < 1.29 is 10.2 Å². The molecule has 90 valence electrons. The van der Waals surface area contributed by atoms with Gasteiger partial charge in [0.25, 0.3) is 0 Å². The quantitative estimate of drug-likeness (QED) is 0.766. The SMILES string of the molecule is OC[C@@H](O)CSc1ncn(-c2ccccc2)n1. The Morgan fingerprint density at radius 3 is 2.76 bits per heavy atom. The molecule has 0 spiro atoms. The van der Waals surface area contributed by atoms with Crippen molar-refractivity contribution in [3.63, 3.8) is 0 Å². The number of para-hydroxylation sites is 1. The Morgan fingerprint density at radius 1 is 1.29 bits per heavy atom. The van der Waals surface area contributed by atoms with E-state index in [9.17, 15) is 5.11 Å². The summed E-state index contributed by atoms with van der Waals surface area (Å²) in [5.41, 5.74) is 0.939. The van der Waals surface area contributed by atoms with E-state index >= 15 is 0 Å². The fraction of sp³-hybridized carbons (Fsp3) is 0.273. The number of thioether (sulfide) groups is 1. The van der Waals surface area contributed by atoms with E-state index in [-0.39, 0.29) is 6.61 Å². The molecule has 5 nitrogen and oxygen atoms in total. The lowest BCUT2D eigenvalue weighted by molar-refractivity contribution is 0.113. The highest BCUT2D eigenvalue weighted by molar-refractivity contribution is 7.99. The molecule has 6 heteroatoms. The Labute approximate surface area is 103 Å². The zero-order valence-corrected chi connectivity index (χ0v) is 9.92. The molecule has 17 heavy (non-hydrogen) atoms. The summed E-state index contributed by atoms with van der Waals surface area (Å²) in [6, 6.07) is 9.67. The van der Waals surface area contributed by atoms with Gasteiger partial charge in [-0.1, -0.05) is 30.0 Å². The summed E-state index contributed by atoms with van der Waals surface area (Å²) in [6.45, 7) is -0.244. The summed E-state index contributed by atoms with van der Waals surface area (Å²) in [4.78, 5) is 4.12. The van der Waals surface area contributed by atoms with Gasteiger partial charge in [0.05, 0.1) is 18.4 Å². The van der Waals surface area contributed by atoms with Crippen LogP contribution in [-0.2, 0) is 0 Å². The van der Waals surface area contributed by atoms with E-state index in [1.54, 1.807) is 11.0 Å². The number of aromatic nitrogens is 3. The molecule has 2 N–H and O–H groups in total. The molecule has 2 aromatic rings. The van der Waals surface area contributed by atoms with Crippen LogP contribution < -0.4 is 0 Å². The van der Waals surface area contributed by atoms with Crippen LogP contribution in [0.3, 0.4) is 0 Å². The summed E-state index contributed by atoms with van der Waals surface area (Å²) in [5.74, 6) is 0.384. The maximum Gasteiger partial charge on any atom is 0.208 e. The van der Waals surface area contributed by atoms with E-state index < -0.39 is 6.10 Å². The van der Waals surface area contributed by atoms with Crippen LogP contribution in [0.4, 0.5) is 0 Å². The third-order valence-electron chi connectivity index (χ3n) is 2.11. The van der Waals surface area contributed by atoms with Crippen LogP contribution in [0.1, 0.15) is 0 Å². The second-order valence-electron chi connectivity index (χ2n) is 3.45. The number of hydrogen-bond acceptors (Lipinski definition) is 5. The first-order valence-electron chi connectivity index (χ1n) is 5.18. The smallest absolute Gasteiger partial charge is 0.208 e. The Morgan fingerprint density at radius 2 is 2.06 bits per heavy atom. The first kappa shape index (κ1) is 12.1. The van der Waals surface area contributed by atoms with Gasteiger partial charge in [-0.25, -0.2) is 9.67 Å². The van der Waals surface area contributed by atoms with Crippen LogP contribution in [0.2, 0.25) is 0 Å². The maximum atomic E-state index is 9.21. The lowest BCUT2D eigenvalue weighted by Crippen LogP contribution is -2.14. The number of nitrogens with zero attached hydrogens (tertiary/aromatic N) is 3. The van der Waals surface area contributed by atoms with Gasteiger partial charge in [0, 0.05) is 5.75 Å². The minimum absolute atomic E-state index is 0.244. The fourth-order valence-electron chi connectivity index (χ4n) is 1.24.